The Bertz CT molecular complexity index is 700. The van der Waals surface area contributed by atoms with E-state index >= 15 is 0 Å². The maximum Gasteiger partial charge on any atom is 1.00 e. The van der Waals surface area contributed by atoms with Crippen molar-refractivity contribution in [2.75, 3.05) is 0 Å². The van der Waals surface area contributed by atoms with Crippen LogP contribution in [0, 0.1) is 0 Å². The molecule has 3 nitrogen and oxygen atoms in total. The minimum atomic E-state index is -1.19. The van der Waals surface area contributed by atoms with Gasteiger partial charge in [0, 0.05) is 16.3 Å². The standard InChI is InChI=1S/C13H8O3.Ag/c14-13(15)8-5-6-10-9-3-1-2-4-11(9)16-12(10)7-8;/h1-7H,(H,14,15);/q;+1/p-1. The summed E-state index contributed by atoms with van der Waals surface area (Å²) in [4.78, 5) is 10.7. The summed E-state index contributed by atoms with van der Waals surface area (Å²) in [6.45, 7) is 0. The Hall–Kier alpha value is -1.55. The zero-order chi connectivity index (χ0) is 11.1. The van der Waals surface area contributed by atoms with E-state index in [0.717, 1.165) is 16.4 Å². The molecule has 88 valence electrons. The molecule has 17 heavy (non-hydrogen) atoms. The van der Waals surface area contributed by atoms with Crippen molar-refractivity contribution in [3.8, 4) is 0 Å². The van der Waals surface area contributed by atoms with Crippen LogP contribution in [0.25, 0.3) is 21.9 Å². The largest absolute Gasteiger partial charge is 1.00 e. The first kappa shape index (κ1) is 11.9. The van der Waals surface area contributed by atoms with Gasteiger partial charge >= 0.3 is 22.4 Å². The second kappa shape index (κ2) is 4.37. The Kier molecular flexibility index (Phi) is 3.07. The van der Waals surface area contributed by atoms with Crippen LogP contribution in [-0.4, -0.2) is 5.97 Å². The van der Waals surface area contributed by atoms with Gasteiger partial charge in [-0.1, -0.05) is 24.3 Å². The predicted molar refractivity (Wildman–Crippen MR) is 58.1 cm³/mol. The van der Waals surface area contributed by atoms with Gasteiger partial charge in [-0.3, -0.25) is 0 Å². The van der Waals surface area contributed by atoms with Crippen LogP contribution in [0.1, 0.15) is 10.4 Å². The zero-order valence-corrected chi connectivity index (χ0v) is 10.0. The summed E-state index contributed by atoms with van der Waals surface area (Å²) in [5, 5.41) is 12.6. The molecule has 3 rings (SSSR count). The topological polar surface area (TPSA) is 53.3 Å². The van der Waals surface area contributed by atoms with E-state index in [2.05, 4.69) is 0 Å². The minimum absolute atomic E-state index is 0. The van der Waals surface area contributed by atoms with E-state index in [4.69, 9.17) is 4.42 Å². The fourth-order valence-electron chi connectivity index (χ4n) is 1.85. The third-order valence-corrected chi connectivity index (χ3v) is 2.61. The molecule has 0 aliphatic heterocycles. The molecule has 0 aliphatic carbocycles. The van der Waals surface area contributed by atoms with Gasteiger partial charge in [-0.05, 0) is 18.2 Å². The van der Waals surface area contributed by atoms with E-state index in [-0.39, 0.29) is 27.9 Å². The Balaban J connectivity index is 0.00000108. The van der Waals surface area contributed by atoms with E-state index in [1.165, 1.54) is 12.1 Å². The molecule has 0 saturated heterocycles. The van der Waals surface area contributed by atoms with Crippen molar-refractivity contribution in [1.29, 1.82) is 0 Å². The predicted octanol–water partition coefficient (Wildman–Crippen LogP) is 1.95. The van der Waals surface area contributed by atoms with Crippen molar-refractivity contribution in [3.63, 3.8) is 0 Å². The average Bonchev–Trinajstić information content (AvgIpc) is 2.66. The molecule has 0 spiro atoms. The monoisotopic (exact) mass is 318 g/mol. The summed E-state index contributed by atoms with van der Waals surface area (Å²) >= 11 is 0. The summed E-state index contributed by atoms with van der Waals surface area (Å²) in [5.41, 5.74) is 1.46. The molecule has 0 aliphatic rings. The summed E-state index contributed by atoms with van der Waals surface area (Å²) in [7, 11) is 0. The van der Waals surface area contributed by atoms with Crippen molar-refractivity contribution in [2.24, 2.45) is 0 Å². The SMILES string of the molecule is O=C([O-])c1ccc2c(c1)oc1ccccc12.[Ag+]. The molecule has 4 heteroatoms. The number of aromatic carboxylic acids is 1. The molecule has 0 amide bonds. The van der Waals surface area contributed by atoms with E-state index in [1.807, 2.05) is 24.3 Å². The van der Waals surface area contributed by atoms with E-state index in [1.54, 1.807) is 6.07 Å². The third-order valence-electron chi connectivity index (χ3n) is 2.61. The average molecular weight is 319 g/mol. The summed E-state index contributed by atoms with van der Waals surface area (Å²) in [6.07, 6.45) is 0. The first-order chi connectivity index (χ1) is 7.75. The smallest absolute Gasteiger partial charge is 0.545 e. The van der Waals surface area contributed by atoms with Gasteiger partial charge in [0.25, 0.3) is 0 Å². The molecular formula is C13H7AgO3. The number of benzene rings is 2. The van der Waals surface area contributed by atoms with E-state index in [9.17, 15) is 9.90 Å². The molecule has 0 radical (unpaired) electrons. The van der Waals surface area contributed by atoms with Crippen LogP contribution in [0.5, 0.6) is 0 Å². The van der Waals surface area contributed by atoms with Crippen LogP contribution in [0.4, 0.5) is 0 Å². The zero-order valence-electron chi connectivity index (χ0n) is 8.57. The van der Waals surface area contributed by atoms with Gasteiger partial charge in [0.15, 0.2) is 0 Å². The summed E-state index contributed by atoms with van der Waals surface area (Å²) in [6, 6.07) is 12.4. The van der Waals surface area contributed by atoms with Crippen LogP contribution in [0.3, 0.4) is 0 Å². The molecule has 0 N–H and O–H groups in total. The first-order valence-corrected chi connectivity index (χ1v) is 4.88. The van der Waals surface area contributed by atoms with Gasteiger partial charge in [-0.2, -0.15) is 0 Å². The molecular weight excluding hydrogens is 312 g/mol. The van der Waals surface area contributed by atoms with Crippen LogP contribution < -0.4 is 5.11 Å². The number of carboxylic acids is 1. The minimum Gasteiger partial charge on any atom is -0.545 e. The normalized spacial score (nSPS) is 10.4. The molecule has 1 aromatic heterocycles. The van der Waals surface area contributed by atoms with E-state index in [0.29, 0.717) is 5.58 Å². The fraction of sp³-hybridized carbons (Fsp3) is 0. The number of hydrogen-bond donors (Lipinski definition) is 0. The molecule has 0 unspecified atom stereocenters. The van der Waals surface area contributed by atoms with Gasteiger partial charge in [0.1, 0.15) is 11.2 Å². The van der Waals surface area contributed by atoms with Crippen molar-refractivity contribution in [3.05, 3.63) is 48.0 Å². The second-order valence-corrected chi connectivity index (χ2v) is 3.60. The van der Waals surface area contributed by atoms with Crippen molar-refractivity contribution < 1.29 is 36.7 Å². The van der Waals surface area contributed by atoms with Gasteiger partial charge in [0.2, 0.25) is 0 Å². The second-order valence-electron chi connectivity index (χ2n) is 3.60. The number of carbonyl (C=O) groups is 1. The first-order valence-electron chi connectivity index (χ1n) is 4.88. The molecule has 0 saturated carbocycles. The molecule has 0 atom stereocenters. The van der Waals surface area contributed by atoms with Crippen molar-refractivity contribution in [2.45, 2.75) is 0 Å². The Morgan fingerprint density at radius 2 is 1.71 bits per heavy atom. The van der Waals surface area contributed by atoms with Crippen molar-refractivity contribution >= 4 is 27.9 Å². The number of carbonyl (C=O) groups excluding carboxylic acids is 1. The summed E-state index contributed by atoms with van der Waals surface area (Å²) in [5.74, 6) is -1.19. The molecule has 0 fully saturated rings. The maximum absolute atomic E-state index is 10.7. The van der Waals surface area contributed by atoms with Gasteiger partial charge in [0.05, 0.1) is 5.97 Å². The van der Waals surface area contributed by atoms with Crippen LogP contribution in [-0.2, 0) is 22.4 Å². The Morgan fingerprint density at radius 3 is 2.47 bits per heavy atom. The van der Waals surface area contributed by atoms with Crippen LogP contribution >= 0.6 is 0 Å². The number of hydrogen-bond acceptors (Lipinski definition) is 3. The fourth-order valence-corrected chi connectivity index (χ4v) is 1.85. The number of rotatable bonds is 1. The third kappa shape index (κ3) is 1.89. The number of para-hydroxylation sites is 1. The van der Waals surface area contributed by atoms with Crippen LogP contribution in [0.15, 0.2) is 46.9 Å². The van der Waals surface area contributed by atoms with Crippen LogP contribution in [0.2, 0.25) is 0 Å². The van der Waals surface area contributed by atoms with Gasteiger partial charge in [-0.15, -0.1) is 0 Å². The molecule has 2 aromatic carbocycles. The quantitative estimate of drug-likeness (QED) is 0.644. The number of carboxylic acid groups (broad SMARTS) is 1. The van der Waals surface area contributed by atoms with Gasteiger partial charge < -0.3 is 14.3 Å². The Labute approximate surface area is 113 Å². The molecule has 3 aromatic rings. The van der Waals surface area contributed by atoms with E-state index < -0.39 is 5.97 Å². The number of fused-ring (bicyclic) bond motifs is 3. The van der Waals surface area contributed by atoms with Gasteiger partial charge in [-0.25, -0.2) is 0 Å². The summed E-state index contributed by atoms with van der Waals surface area (Å²) < 4.78 is 5.55. The Morgan fingerprint density at radius 1 is 1.00 bits per heavy atom. The molecule has 1 heterocycles. The van der Waals surface area contributed by atoms with Crippen molar-refractivity contribution in [1.82, 2.24) is 0 Å². The maximum atomic E-state index is 10.7. The number of furan rings is 1. The molecule has 0 bridgehead atoms.